The predicted molar refractivity (Wildman–Crippen MR) is 128 cm³/mol. The quantitative estimate of drug-likeness (QED) is 0.0384. The van der Waals surface area contributed by atoms with Crippen molar-refractivity contribution in [2.45, 2.75) is 38.5 Å². The van der Waals surface area contributed by atoms with Crippen molar-refractivity contribution < 1.29 is 9.59 Å². The molecule has 2 aromatic rings. The van der Waals surface area contributed by atoms with E-state index in [2.05, 4.69) is 41.2 Å². The third-order valence-electron chi connectivity index (χ3n) is 3.48. The van der Waals surface area contributed by atoms with Crippen molar-refractivity contribution in [2.75, 3.05) is 17.7 Å². The highest BCUT2D eigenvalue weighted by molar-refractivity contribution is 7.15. The molecule has 0 bridgehead atoms. The smallest absolute Gasteiger partial charge is 0.233 e. The molecule has 2 rings (SSSR count). The van der Waals surface area contributed by atoms with Crippen LogP contribution >= 0.6 is 22.7 Å². The molecule has 33 heavy (non-hydrogen) atoms. The fourth-order valence-corrected chi connectivity index (χ4v) is 3.61. The Labute approximate surface area is 197 Å². The molecule has 2 heterocycles. The maximum Gasteiger partial charge on any atom is 0.233 e. The van der Waals surface area contributed by atoms with E-state index in [1.165, 1.54) is 11.3 Å². The molecular weight excluding hydrogens is 472 g/mol. The molecular formula is C15H28N14O2S2. The maximum atomic E-state index is 11.7. The van der Waals surface area contributed by atoms with Crippen molar-refractivity contribution in [3.8, 4) is 0 Å². The van der Waals surface area contributed by atoms with Gasteiger partial charge in [-0.3, -0.25) is 4.79 Å². The Morgan fingerprint density at radius 1 is 0.939 bits per heavy atom. The molecule has 0 fully saturated rings. The van der Waals surface area contributed by atoms with E-state index in [4.69, 9.17) is 23.2 Å². The van der Waals surface area contributed by atoms with Crippen LogP contribution in [-0.4, -0.2) is 51.3 Å². The average molecular weight is 501 g/mol. The van der Waals surface area contributed by atoms with Gasteiger partial charge in [-0.1, -0.05) is 22.7 Å². The molecule has 16 nitrogen and oxygen atoms in total. The van der Waals surface area contributed by atoms with Crippen LogP contribution in [0.4, 0.5) is 10.3 Å². The monoisotopic (exact) mass is 500 g/mol. The normalized spacial score (nSPS) is 11.2. The number of nitrogens with one attached hydrogen (secondary N) is 4. The Kier molecular flexibility index (Phi) is 13.5. The lowest BCUT2D eigenvalue weighted by Crippen LogP contribution is -2.26. The first kappa shape index (κ1) is 27.6. The zero-order chi connectivity index (χ0) is 24.5. The first-order valence-electron chi connectivity index (χ1n) is 9.53. The fraction of sp³-hybridized carbons (Fsp3) is 0.467. The number of anilines is 2. The number of nitrogens with two attached hydrogens (primary N) is 4. The third kappa shape index (κ3) is 12.2. The van der Waals surface area contributed by atoms with Crippen LogP contribution in [0, 0.1) is 0 Å². The second-order valence-corrected chi connectivity index (χ2v) is 8.14. The van der Waals surface area contributed by atoms with Gasteiger partial charge in [-0.05, 0) is 12.8 Å². The number of hydrazine groups is 2. The zero-order valence-electron chi connectivity index (χ0n) is 17.9. The number of hydrogen-bond acceptors (Lipinski definition) is 15. The molecule has 0 aromatic carbocycles. The Morgan fingerprint density at radius 2 is 1.48 bits per heavy atom. The van der Waals surface area contributed by atoms with Gasteiger partial charge in [-0.15, -0.1) is 20.4 Å². The second kappa shape index (κ2) is 16.2. The summed E-state index contributed by atoms with van der Waals surface area (Å²) in [6.45, 7) is 0. The number of hydrazone groups is 2. The number of aromatic nitrogens is 4. The standard InChI is InChI=1S/C12H20N10OS2.C3H8N4O/c1-15-11-20-18-9(24-11)4-2-3-5-10-19-21-12(25-10)16-8(23)6-7(13)17-22-14;4-3(1-2-8)6-7-5/h22H,2-6,14H2,1H3,(H2,13,17)(H,15,20)(H,16,21,23);2,7H,1,5H2,(H2,4,6). The molecule has 1 amide bonds. The van der Waals surface area contributed by atoms with E-state index in [9.17, 15) is 9.59 Å². The van der Waals surface area contributed by atoms with E-state index in [-0.39, 0.29) is 30.4 Å². The summed E-state index contributed by atoms with van der Waals surface area (Å²) < 4.78 is 0. The van der Waals surface area contributed by atoms with Crippen molar-refractivity contribution in [1.82, 2.24) is 31.5 Å². The minimum atomic E-state index is -0.323. The molecule has 0 aliphatic heterocycles. The Morgan fingerprint density at radius 3 is 2.00 bits per heavy atom. The molecule has 0 atom stereocenters. The van der Waals surface area contributed by atoms with Gasteiger partial charge >= 0.3 is 0 Å². The van der Waals surface area contributed by atoms with Gasteiger partial charge in [-0.25, -0.2) is 22.8 Å². The highest BCUT2D eigenvalue weighted by Crippen LogP contribution is 2.19. The summed E-state index contributed by atoms with van der Waals surface area (Å²) in [6.07, 6.45) is 4.31. The summed E-state index contributed by atoms with van der Waals surface area (Å²) in [4.78, 5) is 21.4. The van der Waals surface area contributed by atoms with Crippen molar-refractivity contribution in [2.24, 2.45) is 33.4 Å². The lowest BCUT2D eigenvalue weighted by atomic mass is 10.2. The number of amides is 1. The molecule has 0 aliphatic rings. The molecule has 0 unspecified atom stereocenters. The number of aryl methyl sites for hydroxylation is 2. The van der Waals surface area contributed by atoms with Crippen molar-refractivity contribution >= 4 is 56.8 Å². The summed E-state index contributed by atoms with van der Waals surface area (Å²) >= 11 is 2.91. The fourth-order valence-electron chi connectivity index (χ4n) is 2.08. The third-order valence-corrected chi connectivity index (χ3v) is 5.37. The molecule has 182 valence electrons. The molecule has 12 N–H and O–H groups in total. The van der Waals surface area contributed by atoms with Gasteiger partial charge in [0.25, 0.3) is 0 Å². The first-order chi connectivity index (χ1) is 15.9. The molecule has 0 saturated carbocycles. The van der Waals surface area contributed by atoms with Crippen LogP contribution in [0.3, 0.4) is 0 Å². The van der Waals surface area contributed by atoms with Crippen LogP contribution < -0.4 is 44.9 Å². The summed E-state index contributed by atoms with van der Waals surface area (Å²) in [7, 11) is 1.83. The van der Waals surface area contributed by atoms with E-state index in [0.717, 1.165) is 40.8 Å². The van der Waals surface area contributed by atoms with E-state index < -0.39 is 0 Å². The number of rotatable bonds is 13. The lowest BCUT2D eigenvalue weighted by Gasteiger charge is -2.00. The zero-order valence-corrected chi connectivity index (χ0v) is 19.6. The Bertz CT molecular complexity index is 912. The number of hydrogen-bond donors (Lipinski definition) is 8. The van der Waals surface area contributed by atoms with Crippen molar-refractivity contribution in [3.05, 3.63) is 10.0 Å². The van der Waals surface area contributed by atoms with Crippen LogP contribution in [-0.2, 0) is 22.4 Å². The first-order valence-corrected chi connectivity index (χ1v) is 11.2. The number of unbranched alkanes of at least 4 members (excludes halogenated alkanes) is 1. The summed E-state index contributed by atoms with van der Waals surface area (Å²) in [5, 5.41) is 31.7. The summed E-state index contributed by atoms with van der Waals surface area (Å²) in [5.74, 6) is 9.66. The molecule has 0 saturated heterocycles. The Balaban J connectivity index is 0.000000582. The molecule has 18 heteroatoms. The van der Waals surface area contributed by atoms with E-state index in [0.29, 0.717) is 11.4 Å². The number of nitrogens with zero attached hydrogens (tertiary/aromatic N) is 6. The van der Waals surface area contributed by atoms with Gasteiger partial charge in [0.05, 0.1) is 12.8 Å². The SMILES string of the molecule is CNc1nnc(CCCCc2nnc(NC(=O)C/C(N)=N/NN)s2)s1.NN/N=C(\N)CC=O. The highest BCUT2D eigenvalue weighted by atomic mass is 32.1. The number of aldehydes is 1. The van der Waals surface area contributed by atoms with Gasteiger partial charge in [0.2, 0.25) is 16.2 Å². The molecule has 0 radical (unpaired) electrons. The van der Waals surface area contributed by atoms with Crippen molar-refractivity contribution in [3.63, 3.8) is 0 Å². The summed E-state index contributed by atoms with van der Waals surface area (Å²) in [6, 6.07) is 0. The maximum absolute atomic E-state index is 11.7. The number of carbonyl (C=O) groups is 2. The van der Waals surface area contributed by atoms with Crippen LogP contribution in [0.15, 0.2) is 10.2 Å². The topological polar surface area (TPSA) is 263 Å². The minimum absolute atomic E-state index is 0.0738. The van der Waals surface area contributed by atoms with Gasteiger partial charge in [-0.2, -0.15) is 10.2 Å². The van der Waals surface area contributed by atoms with Crippen molar-refractivity contribution in [1.29, 1.82) is 0 Å². The van der Waals surface area contributed by atoms with Crippen LogP contribution in [0.1, 0.15) is 35.7 Å². The van der Waals surface area contributed by atoms with Gasteiger partial charge in [0.1, 0.15) is 28.0 Å². The number of carbonyl (C=O) groups excluding carboxylic acids is 2. The largest absolute Gasteiger partial charge is 0.385 e. The van der Waals surface area contributed by atoms with Crippen LogP contribution in [0.25, 0.3) is 0 Å². The minimum Gasteiger partial charge on any atom is -0.385 e. The summed E-state index contributed by atoms with van der Waals surface area (Å²) in [5.41, 5.74) is 14.5. The van der Waals surface area contributed by atoms with Gasteiger partial charge in [0.15, 0.2) is 0 Å². The van der Waals surface area contributed by atoms with E-state index >= 15 is 0 Å². The number of amidine groups is 2. The lowest BCUT2D eigenvalue weighted by molar-refractivity contribution is -0.115. The average Bonchev–Trinajstić information content (AvgIpc) is 3.41. The highest BCUT2D eigenvalue weighted by Gasteiger charge is 2.10. The van der Waals surface area contributed by atoms with Crippen LogP contribution in [0.2, 0.25) is 0 Å². The molecule has 2 aromatic heterocycles. The Hall–Kier alpha value is -3.48. The predicted octanol–water partition coefficient (Wildman–Crippen LogP) is -1.63. The van der Waals surface area contributed by atoms with E-state index in [1.54, 1.807) is 11.3 Å². The second-order valence-electron chi connectivity index (χ2n) is 6.02. The van der Waals surface area contributed by atoms with E-state index in [1.807, 2.05) is 18.1 Å². The van der Waals surface area contributed by atoms with Crippen LogP contribution in [0.5, 0.6) is 0 Å². The van der Waals surface area contributed by atoms with Gasteiger partial charge < -0.3 is 26.9 Å². The van der Waals surface area contributed by atoms with Gasteiger partial charge in [0, 0.05) is 19.9 Å². The molecule has 0 spiro atoms. The molecule has 0 aliphatic carbocycles.